The summed E-state index contributed by atoms with van der Waals surface area (Å²) < 4.78 is 1.82. The van der Waals surface area contributed by atoms with Crippen molar-refractivity contribution in [1.82, 2.24) is 15.0 Å². The Hall–Kier alpha value is -2.15. The lowest BCUT2D eigenvalue weighted by Crippen LogP contribution is -2.09. The molecule has 0 radical (unpaired) electrons. The van der Waals surface area contributed by atoms with Crippen molar-refractivity contribution in [1.29, 1.82) is 5.26 Å². The van der Waals surface area contributed by atoms with Crippen molar-refractivity contribution >= 4 is 0 Å². The second-order valence-corrected chi connectivity index (χ2v) is 4.65. The zero-order valence-electron chi connectivity index (χ0n) is 11.6. The van der Waals surface area contributed by atoms with Crippen molar-refractivity contribution in [3.63, 3.8) is 0 Å². The molecule has 4 heteroatoms. The Morgan fingerprint density at radius 3 is 2.53 bits per heavy atom. The van der Waals surface area contributed by atoms with Crippen molar-refractivity contribution < 1.29 is 0 Å². The van der Waals surface area contributed by atoms with E-state index in [0.29, 0.717) is 11.6 Å². The van der Waals surface area contributed by atoms with Gasteiger partial charge in [0.1, 0.15) is 6.07 Å². The molecule has 0 unspecified atom stereocenters. The number of benzene rings is 1. The molecule has 1 heterocycles. The molecule has 98 valence electrons. The van der Waals surface area contributed by atoms with Crippen molar-refractivity contribution in [3.8, 4) is 11.8 Å². The summed E-state index contributed by atoms with van der Waals surface area (Å²) in [5.74, 6) is 0.309. The van der Waals surface area contributed by atoms with Gasteiger partial charge in [-0.2, -0.15) is 5.26 Å². The van der Waals surface area contributed by atoms with E-state index in [2.05, 4.69) is 30.2 Å². The highest BCUT2D eigenvalue weighted by atomic mass is 15.4. The standard InChI is InChI=1S/C15H18N4/c1-4-12(5-2)15-13(10-16)17-18-19(15)14-9-7-6-8-11(14)3/h6-9,12H,4-5H2,1-3H3. The lowest BCUT2D eigenvalue weighted by molar-refractivity contribution is 0.593. The lowest BCUT2D eigenvalue weighted by atomic mass is 9.97. The summed E-state index contributed by atoms with van der Waals surface area (Å²) in [4.78, 5) is 0. The van der Waals surface area contributed by atoms with E-state index < -0.39 is 0 Å². The zero-order chi connectivity index (χ0) is 13.8. The van der Waals surface area contributed by atoms with Gasteiger partial charge in [0.25, 0.3) is 0 Å². The number of para-hydroxylation sites is 1. The monoisotopic (exact) mass is 254 g/mol. The lowest BCUT2D eigenvalue weighted by Gasteiger charge is -2.15. The summed E-state index contributed by atoms with van der Waals surface area (Å²) in [5, 5.41) is 17.4. The second-order valence-electron chi connectivity index (χ2n) is 4.65. The van der Waals surface area contributed by atoms with Crippen LogP contribution in [0.25, 0.3) is 5.69 Å². The maximum atomic E-state index is 9.22. The Labute approximate surface area is 113 Å². The molecule has 2 rings (SSSR count). The summed E-state index contributed by atoms with van der Waals surface area (Å²) in [6, 6.07) is 10.2. The molecule has 0 aliphatic heterocycles. The quantitative estimate of drug-likeness (QED) is 0.840. The molecular formula is C15H18N4. The van der Waals surface area contributed by atoms with Gasteiger partial charge in [-0.15, -0.1) is 5.10 Å². The van der Waals surface area contributed by atoms with Crippen LogP contribution in [0.5, 0.6) is 0 Å². The Morgan fingerprint density at radius 1 is 1.26 bits per heavy atom. The van der Waals surface area contributed by atoms with Gasteiger partial charge in [-0.05, 0) is 31.4 Å². The smallest absolute Gasteiger partial charge is 0.186 e. The maximum absolute atomic E-state index is 9.22. The van der Waals surface area contributed by atoms with Crippen LogP contribution >= 0.6 is 0 Å². The Balaban J connectivity index is 2.63. The summed E-state index contributed by atoms with van der Waals surface area (Å²) >= 11 is 0. The van der Waals surface area contributed by atoms with Crippen LogP contribution < -0.4 is 0 Å². The molecule has 0 N–H and O–H groups in total. The van der Waals surface area contributed by atoms with Crippen molar-refractivity contribution in [3.05, 3.63) is 41.2 Å². The van der Waals surface area contributed by atoms with E-state index in [0.717, 1.165) is 29.8 Å². The van der Waals surface area contributed by atoms with E-state index in [-0.39, 0.29) is 0 Å². The fraction of sp³-hybridized carbons (Fsp3) is 0.400. The SMILES string of the molecule is CCC(CC)c1c(C#N)nnn1-c1ccccc1C. The minimum absolute atomic E-state index is 0.309. The third-order valence-corrected chi connectivity index (χ3v) is 3.53. The zero-order valence-corrected chi connectivity index (χ0v) is 11.6. The Kier molecular flexibility index (Phi) is 3.96. The number of rotatable bonds is 4. The first-order chi connectivity index (χ1) is 9.22. The van der Waals surface area contributed by atoms with E-state index >= 15 is 0 Å². The molecule has 0 spiro atoms. The molecule has 0 atom stereocenters. The van der Waals surface area contributed by atoms with Crippen LogP contribution in [-0.2, 0) is 0 Å². The Bertz CT molecular complexity index is 603. The fourth-order valence-electron chi connectivity index (χ4n) is 2.39. The number of nitriles is 1. The van der Waals surface area contributed by atoms with Gasteiger partial charge in [-0.3, -0.25) is 0 Å². The predicted molar refractivity (Wildman–Crippen MR) is 74.1 cm³/mol. The van der Waals surface area contributed by atoms with Crippen LogP contribution in [0.1, 0.15) is 49.6 Å². The minimum atomic E-state index is 0.309. The second kappa shape index (κ2) is 5.66. The highest BCUT2D eigenvalue weighted by Crippen LogP contribution is 2.27. The molecule has 0 amide bonds. The van der Waals surface area contributed by atoms with Gasteiger partial charge in [-0.25, -0.2) is 4.68 Å². The molecule has 0 aliphatic rings. The highest BCUT2D eigenvalue weighted by molar-refractivity contribution is 5.43. The molecule has 0 saturated carbocycles. The van der Waals surface area contributed by atoms with Crippen LogP contribution in [0.2, 0.25) is 0 Å². The number of nitrogens with zero attached hydrogens (tertiary/aromatic N) is 4. The van der Waals surface area contributed by atoms with Gasteiger partial charge in [0.15, 0.2) is 5.69 Å². The van der Waals surface area contributed by atoms with Gasteiger partial charge < -0.3 is 0 Å². The van der Waals surface area contributed by atoms with Crippen LogP contribution in [0.15, 0.2) is 24.3 Å². The third-order valence-electron chi connectivity index (χ3n) is 3.53. The summed E-state index contributed by atoms with van der Waals surface area (Å²) in [7, 11) is 0. The molecule has 1 aromatic heterocycles. The fourth-order valence-corrected chi connectivity index (χ4v) is 2.39. The van der Waals surface area contributed by atoms with E-state index in [1.165, 1.54) is 0 Å². The van der Waals surface area contributed by atoms with E-state index in [1.54, 1.807) is 0 Å². The van der Waals surface area contributed by atoms with Crippen LogP contribution in [0.3, 0.4) is 0 Å². The molecule has 19 heavy (non-hydrogen) atoms. The molecule has 0 saturated heterocycles. The van der Waals surface area contributed by atoms with Crippen LogP contribution in [0, 0.1) is 18.3 Å². The molecule has 0 aliphatic carbocycles. The van der Waals surface area contributed by atoms with Crippen LogP contribution in [-0.4, -0.2) is 15.0 Å². The van der Waals surface area contributed by atoms with Crippen molar-refractivity contribution in [2.45, 2.75) is 39.5 Å². The molecule has 4 nitrogen and oxygen atoms in total. The summed E-state index contributed by atoms with van der Waals surface area (Å²) in [6.07, 6.45) is 1.95. The molecule has 2 aromatic rings. The molecule has 0 bridgehead atoms. The number of hydrogen-bond acceptors (Lipinski definition) is 3. The van der Waals surface area contributed by atoms with Crippen molar-refractivity contribution in [2.24, 2.45) is 0 Å². The first-order valence-electron chi connectivity index (χ1n) is 6.64. The van der Waals surface area contributed by atoms with E-state index in [1.807, 2.05) is 35.9 Å². The maximum Gasteiger partial charge on any atom is 0.186 e. The average Bonchev–Trinajstić information content (AvgIpc) is 2.85. The van der Waals surface area contributed by atoms with Crippen LogP contribution in [0.4, 0.5) is 0 Å². The average molecular weight is 254 g/mol. The number of hydrogen-bond donors (Lipinski definition) is 0. The third kappa shape index (κ3) is 2.37. The van der Waals surface area contributed by atoms with Crippen molar-refractivity contribution in [2.75, 3.05) is 0 Å². The minimum Gasteiger partial charge on any atom is -0.216 e. The summed E-state index contributed by atoms with van der Waals surface area (Å²) in [6.45, 7) is 6.30. The first kappa shape index (κ1) is 13.3. The van der Waals surface area contributed by atoms with Gasteiger partial charge in [0.2, 0.25) is 0 Å². The number of aryl methyl sites for hydroxylation is 1. The van der Waals surface area contributed by atoms with Gasteiger partial charge in [0.05, 0.1) is 11.4 Å². The Morgan fingerprint density at radius 2 is 1.95 bits per heavy atom. The van der Waals surface area contributed by atoms with Gasteiger partial charge >= 0.3 is 0 Å². The molecule has 1 aromatic carbocycles. The molecular weight excluding hydrogens is 236 g/mol. The molecule has 0 fully saturated rings. The van der Waals surface area contributed by atoms with Gasteiger partial charge in [0, 0.05) is 5.92 Å². The van der Waals surface area contributed by atoms with Gasteiger partial charge in [-0.1, -0.05) is 37.3 Å². The first-order valence-corrected chi connectivity index (χ1v) is 6.64. The predicted octanol–water partition coefficient (Wildman–Crippen LogP) is 3.35. The number of aromatic nitrogens is 3. The topological polar surface area (TPSA) is 54.5 Å². The van der Waals surface area contributed by atoms with E-state index in [9.17, 15) is 5.26 Å². The van der Waals surface area contributed by atoms with E-state index in [4.69, 9.17) is 0 Å². The highest BCUT2D eigenvalue weighted by Gasteiger charge is 2.21. The summed E-state index contributed by atoms with van der Waals surface area (Å²) in [5.41, 5.74) is 3.50. The normalized spacial score (nSPS) is 10.7. The largest absolute Gasteiger partial charge is 0.216 e.